The van der Waals surface area contributed by atoms with Crippen LogP contribution in [0.3, 0.4) is 0 Å². The second kappa shape index (κ2) is 8.49. The molecule has 0 amide bonds. The summed E-state index contributed by atoms with van der Waals surface area (Å²) < 4.78 is 12.3. The molecule has 2 atom stereocenters. The van der Waals surface area contributed by atoms with E-state index in [2.05, 4.69) is 57.0 Å². The summed E-state index contributed by atoms with van der Waals surface area (Å²) in [6.07, 6.45) is 3.88. The summed E-state index contributed by atoms with van der Waals surface area (Å²) in [5, 5.41) is 4.72. The zero-order chi connectivity index (χ0) is 20.5. The van der Waals surface area contributed by atoms with Crippen molar-refractivity contribution in [1.29, 1.82) is 0 Å². The number of pyridine rings is 1. The molecule has 2 aromatic rings. The van der Waals surface area contributed by atoms with Crippen LogP contribution in [-0.2, 0) is 4.74 Å². The SMILES string of the molecule is Cc1cc2c3c(c(NC(C)C)nc2cc1OCCCN1CCCC1)[C@@H](C)O[C@@H]3C. The van der Waals surface area contributed by atoms with E-state index in [9.17, 15) is 0 Å². The summed E-state index contributed by atoms with van der Waals surface area (Å²) in [6.45, 7) is 15.0. The Kier molecular flexibility index (Phi) is 5.98. The first kappa shape index (κ1) is 20.4. The second-order valence-corrected chi connectivity index (χ2v) is 8.89. The summed E-state index contributed by atoms with van der Waals surface area (Å²) in [5.74, 6) is 1.89. The van der Waals surface area contributed by atoms with E-state index in [0.717, 1.165) is 36.7 Å². The maximum atomic E-state index is 6.17. The lowest BCUT2D eigenvalue weighted by molar-refractivity contribution is 0.0338. The normalized spacial score (nSPS) is 21.9. The highest BCUT2D eigenvalue weighted by Crippen LogP contribution is 2.46. The van der Waals surface area contributed by atoms with Crippen molar-refractivity contribution in [3.05, 3.63) is 28.8 Å². The molecular weight excluding hydrogens is 362 g/mol. The average Bonchev–Trinajstić information content (AvgIpc) is 3.27. The molecule has 0 bridgehead atoms. The molecule has 0 saturated carbocycles. The Labute approximate surface area is 174 Å². The molecule has 0 aliphatic carbocycles. The average molecular weight is 398 g/mol. The van der Waals surface area contributed by atoms with Crippen molar-refractivity contribution in [2.24, 2.45) is 0 Å². The molecule has 2 aliphatic rings. The third kappa shape index (κ3) is 4.22. The third-order valence-corrected chi connectivity index (χ3v) is 6.08. The summed E-state index contributed by atoms with van der Waals surface area (Å²) in [5.41, 5.74) is 4.63. The Morgan fingerprint density at radius 3 is 2.62 bits per heavy atom. The van der Waals surface area contributed by atoms with Crippen molar-refractivity contribution in [2.75, 3.05) is 31.6 Å². The van der Waals surface area contributed by atoms with Gasteiger partial charge in [0.25, 0.3) is 0 Å². The molecule has 4 rings (SSSR count). The first-order chi connectivity index (χ1) is 13.9. The van der Waals surface area contributed by atoms with E-state index in [1.165, 1.54) is 48.0 Å². The van der Waals surface area contributed by atoms with Gasteiger partial charge in [-0.05, 0) is 84.2 Å². The number of hydrogen-bond acceptors (Lipinski definition) is 5. The van der Waals surface area contributed by atoms with Gasteiger partial charge < -0.3 is 19.7 Å². The van der Waals surface area contributed by atoms with Crippen molar-refractivity contribution in [1.82, 2.24) is 9.88 Å². The highest BCUT2D eigenvalue weighted by Gasteiger charge is 2.32. The highest BCUT2D eigenvalue weighted by atomic mass is 16.5. The van der Waals surface area contributed by atoms with Crippen molar-refractivity contribution in [2.45, 2.75) is 72.1 Å². The van der Waals surface area contributed by atoms with Crippen molar-refractivity contribution in [3.8, 4) is 5.75 Å². The Hall–Kier alpha value is -1.85. The van der Waals surface area contributed by atoms with Gasteiger partial charge in [0.1, 0.15) is 11.6 Å². The van der Waals surface area contributed by atoms with E-state index in [0.29, 0.717) is 6.04 Å². The Morgan fingerprint density at radius 2 is 1.90 bits per heavy atom. The number of likely N-dealkylation sites (tertiary alicyclic amines) is 1. The van der Waals surface area contributed by atoms with E-state index < -0.39 is 0 Å². The van der Waals surface area contributed by atoms with Crippen molar-refractivity contribution in [3.63, 3.8) is 0 Å². The van der Waals surface area contributed by atoms with E-state index in [-0.39, 0.29) is 12.2 Å². The molecule has 3 heterocycles. The fourth-order valence-electron chi connectivity index (χ4n) is 4.75. The van der Waals surface area contributed by atoms with Gasteiger partial charge in [-0.1, -0.05) is 0 Å². The first-order valence-corrected chi connectivity index (χ1v) is 11.2. The molecule has 5 heteroatoms. The lowest BCUT2D eigenvalue weighted by atomic mass is 9.97. The molecule has 0 unspecified atom stereocenters. The summed E-state index contributed by atoms with van der Waals surface area (Å²) in [6, 6.07) is 4.66. The number of nitrogens with one attached hydrogen (secondary N) is 1. The number of hydrogen-bond donors (Lipinski definition) is 1. The molecule has 1 aromatic heterocycles. The van der Waals surface area contributed by atoms with Crippen molar-refractivity contribution < 1.29 is 9.47 Å². The monoisotopic (exact) mass is 397 g/mol. The second-order valence-electron chi connectivity index (χ2n) is 8.89. The Morgan fingerprint density at radius 1 is 1.17 bits per heavy atom. The first-order valence-electron chi connectivity index (χ1n) is 11.2. The molecule has 2 aliphatic heterocycles. The molecule has 29 heavy (non-hydrogen) atoms. The van der Waals surface area contributed by atoms with Crippen LogP contribution in [0.25, 0.3) is 10.9 Å². The summed E-state index contributed by atoms with van der Waals surface area (Å²) in [7, 11) is 0. The number of aromatic nitrogens is 1. The van der Waals surface area contributed by atoms with Gasteiger partial charge in [-0.2, -0.15) is 0 Å². The molecular formula is C24H35N3O2. The van der Waals surface area contributed by atoms with Crippen LogP contribution >= 0.6 is 0 Å². The van der Waals surface area contributed by atoms with Crippen LogP contribution in [0.15, 0.2) is 12.1 Å². The largest absolute Gasteiger partial charge is 0.493 e. The molecule has 0 radical (unpaired) electrons. The number of aryl methyl sites for hydroxylation is 1. The van der Waals surface area contributed by atoms with Gasteiger partial charge in [-0.15, -0.1) is 0 Å². The third-order valence-electron chi connectivity index (χ3n) is 6.08. The van der Waals surface area contributed by atoms with E-state index in [4.69, 9.17) is 14.5 Å². The van der Waals surface area contributed by atoms with Gasteiger partial charge in [0.15, 0.2) is 0 Å². The van der Waals surface area contributed by atoms with Crippen molar-refractivity contribution >= 4 is 16.7 Å². The zero-order valence-electron chi connectivity index (χ0n) is 18.5. The number of anilines is 1. The van der Waals surface area contributed by atoms with E-state index in [1.54, 1.807) is 0 Å². The van der Waals surface area contributed by atoms with Crippen LogP contribution in [0.2, 0.25) is 0 Å². The molecule has 1 saturated heterocycles. The maximum Gasteiger partial charge on any atom is 0.133 e. The van der Waals surface area contributed by atoms with Gasteiger partial charge in [-0.25, -0.2) is 4.98 Å². The topological polar surface area (TPSA) is 46.6 Å². The van der Waals surface area contributed by atoms with Gasteiger partial charge in [0.2, 0.25) is 0 Å². The molecule has 1 aromatic carbocycles. The molecule has 158 valence electrons. The molecule has 0 spiro atoms. The van der Waals surface area contributed by atoms with Crippen LogP contribution in [0.5, 0.6) is 5.75 Å². The lowest BCUT2D eigenvalue weighted by Gasteiger charge is -2.18. The van der Waals surface area contributed by atoms with Gasteiger partial charge in [0, 0.05) is 29.6 Å². The van der Waals surface area contributed by atoms with Crippen LogP contribution in [-0.4, -0.2) is 42.2 Å². The molecule has 5 nitrogen and oxygen atoms in total. The predicted molar refractivity (Wildman–Crippen MR) is 119 cm³/mol. The number of benzene rings is 1. The lowest BCUT2D eigenvalue weighted by Crippen LogP contribution is -2.22. The van der Waals surface area contributed by atoms with E-state index in [1.807, 2.05) is 0 Å². The fourth-order valence-corrected chi connectivity index (χ4v) is 4.75. The zero-order valence-corrected chi connectivity index (χ0v) is 18.5. The maximum absolute atomic E-state index is 6.17. The minimum absolute atomic E-state index is 0.0555. The summed E-state index contributed by atoms with van der Waals surface area (Å²) in [4.78, 5) is 7.52. The smallest absolute Gasteiger partial charge is 0.133 e. The molecule has 1 fully saturated rings. The number of nitrogens with zero attached hydrogens (tertiary/aromatic N) is 2. The van der Waals surface area contributed by atoms with Crippen LogP contribution in [0, 0.1) is 6.92 Å². The quantitative estimate of drug-likeness (QED) is 0.636. The minimum atomic E-state index is 0.0555. The Bertz CT molecular complexity index is 874. The number of fused-ring (bicyclic) bond motifs is 3. The highest BCUT2D eigenvalue weighted by molar-refractivity contribution is 5.89. The van der Waals surface area contributed by atoms with Crippen LogP contribution < -0.4 is 10.1 Å². The molecule has 1 N–H and O–H groups in total. The standard InChI is InChI=1S/C24H35N3O2/c1-15(2)25-24-23-18(5)29-17(4)22(23)19-13-16(3)21(14-20(19)26-24)28-12-8-11-27-9-6-7-10-27/h13-15,17-18H,6-12H2,1-5H3,(H,25,26)/t17-,18-/m1/s1. The summed E-state index contributed by atoms with van der Waals surface area (Å²) >= 11 is 0. The predicted octanol–water partition coefficient (Wildman–Crippen LogP) is 5.38. The van der Waals surface area contributed by atoms with Gasteiger partial charge >= 0.3 is 0 Å². The fraction of sp³-hybridized carbons (Fsp3) is 0.625. The van der Waals surface area contributed by atoms with Crippen LogP contribution in [0.1, 0.15) is 75.9 Å². The van der Waals surface area contributed by atoms with Crippen LogP contribution in [0.4, 0.5) is 5.82 Å². The van der Waals surface area contributed by atoms with E-state index >= 15 is 0 Å². The van der Waals surface area contributed by atoms with Gasteiger partial charge in [0.05, 0.1) is 24.3 Å². The minimum Gasteiger partial charge on any atom is -0.493 e. The number of ether oxygens (including phenoxy) is 2. The van der Waals surface area contributed by atoms with Gasteiger partial charge in [-0.3, -0.25) is 0 Å². The Balaban J connectivity index is 1.60. The number of rotatable bonds is 7.